The fourth-order valence-corrected chi connectivity index (χ4v) is 4.34. The lowest BCUT2D eigenvalue weighted by Crippen LogP contribution is -2.40. The molecule has 3 heterocycles. The zero-order chi connectivity index (χ0) is 22.5. The number of rotatable bonds is 6. The largest absolute Gasteiger partial charge is 0.493 e. The molecule has 2 saturated heterocycles. The van der Waals surface area contributed by atoms with E-state index in [4.69, 9.17) is 9.47 Å². The van der Waals surface area contributed by atoms with Crippen LogP contribution in [0.2, 0.25) is 0 Å². The average Bonchev–Trinajstić information content (AvgIpc) is 3.37. The Hall–Kier alpha value is -3.16. The monoisotopic (exact) mass is 438 g/mol. The summed E-state index contributed by atoms with van der Waals surface area (Å²) in [5, 5.41) is 0. The highest BCUT2D eigenvalue weighted by atomic mass is 16.5. The Bertz CT molecular complexity index is 966. The topological polar surface area (TPSA) is 84.9 Å². The molecule has 32 heavy (non-hydrogen) atoms. The van der Waals surface area contributed by atoms with Crippen molar-refractivity contribution in [3.05, 3.63) is 47.5 Å². The van der Waals surface area contributed by atoms with Crippen LogP contribution in [0.3, 0.4) is 0 Å². The molecule has 2 aliphatic heterocycles. The molecular weight excluding hydrogens is 408 g/mol. The van der Waals surface area contributed by atoms with Gasteiger partial charge in [0.2, 0.25) is 0 Å². The number of ether oxygens (including phenoxy) is 2. The van der Waals surface area contributed by atoms with Crippen molar-refractivity contribution in [2.24, 2.45) is 0 Å². The van der Waals surface area contributed by atoms with E-state index in [1.807, 2.05) is 28.9 Å². The predicted molar refractivity (Wildman–Crippen MR) is 119 cm³/mol. The van der Waals surface area contributed by atoms with E-state index in [1.54, 1.807) is 25.4 Å². The molecule has 0 spiro atoms. The Morgan fingerprint density at radius 2 is 1.72 bits per heavy atom. The zero-order valence-corrected chi connectivity index (χ0v) is 18.7. The minimum absolute atomic E-state index is 0.0199. The standard InChI is InChI=1S/C24H30N4O4/c1-17-19(24(30)28-11-5-6-12-28)15-25-23(26-17)18-9-13-27(14-10-18)22(29)16-32-21-8-4-3-7-20(21)31-2/h3-4,7-8,15,18H,5-6,9-14,16H2,1-2H3. The second-order valence-electron chi connectivity index (χ2n) is 8.32. The van der Waals surface area contributed by atoms with E-state index >= 15 is 0 Å². The van der Waals surface area contributed by atoms with Crippen LogP contribution < -0.4 is 9.47 Å². The predicted octanol–water partition coefficient (Wildman–Crippen LogP) is 2.81. The number of carbonyl (C=O) groups excluding carboxylic acids is 2. The molecule has 2 aliphatic rings. The van der Waals surface area contributed by atoms with Gasteiger partial charge in [-0.1, -0.05) is 12.1 Å². The first-order valence-corrected chi connectivity index (χ1v) is 11.2. The Morgan fingerprint density at radius 3 is 2.38 bits per heavy atom. The number of methoxy groups -OCH3 is 1. The van der Waals surface area contributed by atoms with Gasteiger partial charge >= 0.3 is 0 Å². The molecule has 0 saturated carbocycles. The van der Waals surface area contributed by atoms with Crippen LogP contribution in [0.1, 0.15) is 53.5 Å². The lowest BCUT2D eigenvalue weighted by molar-refractivity contribution is -0.134. The Labute approximate surface area is 188 Å². The fourth-order valence-electron chi connectivity index (χ4n) is 4.34. The maximum Gasteiger partial charge on any atom is 0.260 e. The molecule has 0 bridgehead atoms. The van der Waals surface area contributed by atoms with Crippen LogP contribution in [0.25, 0.3) is 0 Å². The number of aromatic nitrogens is 2. The van der Waals surface area contributed by atoms with Gasteiger partial charge in [-0.3, -0.25) is 9.59 Å². The van der Waals surface area contributed by atoms with Crippen LogP contribution in [0.5, 0.6) is 11.5 Å². The number of hydrogen-bond acceptors (Lipinski definition) is 6. The number of piperidine rings is 1. The van der Waals surface area contributed by atoms with E-state index in [0.29, 0.717) is 30.2 Å². The lowest BCUT2D eigenvalue weighted by atomic mass is 9.95. The first-order chi connectivity index (χ1) is 15.6. The van der Waals surface area contributed by atoms with Crippen molar-refractivity contribution in [1.29, 1.82) is 0 Å². The third kappa shape index (κ3) is 4.84. The lowest BCUT2D eigenvalue weighted by Gasteiger charge is -2.31. The van der Waals surface area contributed by atoms with Crippen molar-refractivity contribution in [2.45, 2.75) is 38.5 Å². The van der Waals surface area contributed by atoms with Crippen LogP contribution in [-0.2, 0) is 4.79 Å². The van der Waals surface area contributed by atoms with Gasteiger partial charge in [-0.25, -0.2) is 9.97 Å². The van der Waals surface area contributed by atoms with Crippen molar-refractivity contribution < 1.29 is 19.1 Å². The van der Waals surface area contributed by atoms with Gasteiger partial charge in [-0.2, -0.15) is 0 Å². The first-order valence-electron chi connectivity index (χ1n) is 11.2. The smallest absolute Gasteiger partial charge is 0.260 e. The summed E-state index contributed by atoms with van der Waals surface area (Å²) < 4.78 is 10.9. The highest BCUT2D eigenvalue weighted by Gasteiger charge is 2.27. The van der Waals surface area contributed by atoms with E-state index in [-0.39, 0.29) is 24.3 Å². The highest BCUT2D eigenvalue weighted by Crippen LogP contribution is 2.28. The second-order valence-corrected chi connectivity index (χ2v) is 8.32. The van der Waals surface area contributed by atoms with Gasteiger partial charge < -0.3 is 19.3 Å². The SMILES string of the molecule is COc1ccccc1OCC(=O)N1CCC(c2ncc(C(=O)N3CCCC3)c(C)n2)CC1. The molecule has 170 valence electrons. The normalized spacial score (nSPS) is 16.8. The number of carbonyl (C=O) groups is 2. The summed E-state index contributed by atoms with van der Waals surface area (Å²) >= 11 is 0. The summed E-state index contributed by atoms with van der Waals surface area (Å²) in [7, 11) is 1.58. The number of amides is 2. The van der Waals surface area contributed by atoms with E-state index in [2.05, 4.69) is 9.97 Å². The maximum absolute atomic E-state index is 12.7. The second kappa shape index (κ2) is 9.97. The molecule has 1 aromatic heterocycles. The highest BCUT2D eigenvalue weighted by molar-refractivity contribution is 5.95. The number of hydrogen-bond donors (Lipinski definition) is 0. The van der Waals surface area contributed by atoms with Gasteiger partial charge in [0, 0.05) is 38.3 Å². The molecule has 2 amide bonds. The molecule has 0 aliphatic carbocycles. The zero-order valence-electron chi connectivity index (χ0n) is 18.7. The molecule has 0 atom stereocenters. The van der Waals surface area contributed by atoms with Gasteiger partial charge in [-0.05, 0) is 44.7 Å². The van der Waals surface area contributed by atoms with Gasteiger partial charge in [0.15, 0.2) is 18.1 Å². The molecule has 1 aromatic carbocycles. The fraction of sp³-hybridized carbons (Fsp3) is 0.500. The summed E-state index contributed by atoms with van der Waals surface area (Å²) in [4.78, 5) is 38.1. The van der Waals surface area contributed by atoms with Crippen LogP contribution in [0.15, 0.2) is 30.5 Å². The van der Waals surface area contributed by atoms with E-state index in [1.165, 1.54) is 0 Å². The van der Waals surface area contributed by atoms with Gasteiger partial charge in [-0.15, -0.1) is 0 Å². The van der Waals surface area contributed by atoms with Crippen LogP contribution in [0, 0.1) is 6.92 Å². The number of nitrogens with zero attached hydrogens (tertiary/aromatic N) is 4. The Kier molecular flexibility index (Phi) is 6.87. The van der Waals surface area contributed by atoms with Crippen molar-refractivity contribution >= 4 is 11.8 Å². The average molecular weight is 439 g/mol. The number of likely N-dealkylation sites (tertiary alicyclic amines) is 2. The summed E-state index contributed by atoms with van der Waals surface area (Å²) in [6.45, 7) is 4.75. The first kappa shape index (κ1) is 22.0. The summed E-state index contributed by atoms with van der Waals surface area (Å²) in [5.74, 6) is 2.10. The summed E-state index contributed by atoms with van der Waals surface area (Å²) in [6, 6.07) is 7.30. The van der Waals surface area contributed by atoms with E-state index in [9.17, 15) is 9.59 Å². The molecular formula is C24H30N4O4. The molecule has 4 rings (SSSR count). The summed E-state index contributed by atoms with van der Waals surface area (Å²) in [6.07, 6.45) is 5.38. The molecule has 2 fully saturated rings. The summed E-state index contributed by atoms with van der Waals surface area (Å²) in [5.41, 5.74) is 1.33. The van der Waals surface area contributed by atoms with Crippen molar-refractivity contribution in [2.75, 3.05) is 39.9 Å². The van der Waals surface area contributed by atoms with Crippen LogP contribution >= 0.6 is 0 Å². The van der Waals surface area contributed by atoms with E-state index in [0.717, 1.165) is 50.3 Å². The van der Waals surface area contributed by atoms with E-state index < -0.39 is 0 Å². The molecule has 0 N–H and O–H groups in total. The number of aryl methyl sites for hydroxylation is 1. The Morgan fingerprint density at radius 1 is 1.03 bits per heavy atom. The van der Waals surface area contributed by atoms with Crippen molar-refractivity contribution in [3.8, 4) is 11.5 Å². The molecule has 8 heteroatoms. The maximum atomic E-state index is 12.7. The third-order valence-electron chi connectivity index (χ3n) is 6.25. The number of para-hydroxylation sites is 2. The van der Waals surface area contributed by atoms with Gasteiger partial charge in [0.25, 0.3) is 11.8 Å². The third-order valence-corrected chi connectivity index (χ3v) is 6.25. The quantitative estimate of drug-likeness (QED) is 0.690. The minimum atomic E-state index is -0.0435. The van der Waals surface area contributed by atoms with Crippen molar-refractivity contribution in [3.63, 3.8) is 0 Å². The van der Waals surface area contributed by atoms with Crippen LogP contribution in [0.4, 0.5) is 0 Å². The van der Waals surface area contributed by atoms with Crippen molar-refractivity contribution in [1.82, 2.24) is 19.8 Å². The van der Waals surface area contributed by atoms with Gasteiger partial charge in [0.05, 0.1) is 18.4 Å². The molecule has 8 nitrogen and oxygen atoms in total. The molecule has 0 radical (unpaired) electrons. The van der Waals surface area contributed by atoms with Crippen LogP contribution in [-0.4, -0.2) is 71.5 Å². The van der Waals surface area contributed by atoms with Gasteiger partial charge in [0.1, 0.15) is 5.82 Å². The number of benzene rings is 1. The minimum Gasteiger partial charge on any atom is -0.493 e. The molecule has 2 aromatic rings. The molecule has 0 unspecified atom stereocenters. The Balaban J connectivity index is 1.31.